The third-order valence-electron chi connectivity index (χ3n) is 2.62. The molecule has 0 heterocycles. The van der Waals surface area contributed by atoms with E-state index in [1.165, 1.54) is 19.3 Å². The second-order valence-corrected chi connectivity index (χ2v) is 3.94. The van der Waals surface area contributed by atoms with E-state index in [1.54, 1.807) is 12.1 Å². The number of phenols is 1. The average Bonchev–Trinajstić information content (AvgIpc) is 2.24. The second kappa shape index (κ2) is 6.33. The molecule has 1 aromatic carbocycles. The predicted molar refractivity (Wildman–Crippen MR) is 65.3 cm³/mol. The van der Waals surface area contributed by atoms with Crippen LogP contribution in [0.15, 0.2) is 24.3 Å². The first-order chi connectivity index (χ1) is 7.26. The van der Waals surface area contributed by atoms with Gasteiger partial charge in [-0.2, -0.15) is 0 Å². The summed E-state index contributed by atoms with van der Waals surface area (Å²) in [5, 5.41) is 12.8. The minimum absolute atomic E-state index is 0.324. The van der Waals surface area contributed by atoms with Gasteiger partial charge in [0.15, 0.2) is 0 Å². The number of phenolic OH excluding ortho intramolecular Hbond substituents is 1. The molecule has 0 fully saturated rings. The number of unbranched alkanes of at least 4 members (excludes halogenated alkanes) is 1. The van der Waals surface area contributed by atoms with E-state index >= 15 is 0 Å². The molecule has 0 aliphatic heterocycles. The Hall–Kier alpha value is -1.18. The maximum absolute atomic E-state index is 9.33. The molecular weight excluding hydrogens is 186 g/mol. The van der Waals surface area contributed by atoms with Gasteiger partial charge in [0.05, 0.1) is 0 Å². The van der Waals surface area contributed by atoms with Crippen molar-refractivity contribution < 1.29 is 5.11 Å². The van der Waals surface area contributed by atoms with Crippen LogP contribution in [-0.4, -0.2) is 11.1 Å². The molecular formula is C13H21NO. The summed E-state index contributed by atoms with van der Waals surface area (Å²) in [5.74, 6) is 0.324. The van der Waals surface area contributed by atoms with Gasteiger partial charge in [0.1, 0.15) is 5.75 Å². The molecule has 0 spiro atoms. The summed E-state index contributed by atoms with van der Waals surface area (Å²) in [5.41, 5.74) is 1.01. The van der Waals surface area contributed by atoms with Gasteiger partial charge < -0.3 is 10.4 Å². The average molecular weight is 207 g/mol. The molecule has 1 aromatic rings. The lowest BCUT2D eigenvalue weighted by Gasteiger charge is -2.17. The Kier molecular flexibility index (Phi) is 5.02. The van der Waals surface area contributed by atoms with Crippen LogP contribution in [0.2, 0.25) is 0 Å². The molecule has 0 aliphatic carbocycles. The summed E-state index contributed by atoms with van der Waals surface area (Å²) < 4.78 is 0. The van der Waals surface area contributed by atoms with E-state index in [-0.39, 0.29) is 0 Å². The van der Waals surface area contributed by atoms with Gasteiger partial charge in [-0.3, -0.25) is 0 Å². The number of hydrogen-bond donors (Lipinski definition) is 2. The summed E-state index contributed by atoms with van der Waals surface area (Å²) in [6, 6.07) is 7.84. The topological polar surface area (TPSA) is 32.3 Å². The summed E-state index contributed by atoms with van der Waals surface area (Å²) in [6.07, 6.45) is 4.81. The van der Waals surface area contributed by atoms with E-state index < -0.39 is 0 Å². The Morgan fingerprint density at radius 1 is 1.33 bits per heavy atom. The SMILES string of the molecule is CCCCC(CC)Nc1cccc(O)c1. The molecule has 2 nitrogen and oxygen atoms in total. The van der Waals surface area contributed by atoms with Crippen LogP contribution in [0.4, 0.5) is 5.69 Å². The quantitative estimate of drug-likeness (QED) is 0.744. The lowest BCUT2D eigenvalue weighted by Crippen LogP contribution is -2.17. The maximum Gasteiger partial charge on any atom is 0.117 e. The maximum atomic E-state index is 9.33. The second-order valence-electron chi connectivity index (χ2n) is 3.94. The van der Waals surface area contributed by atoms with Crippen molar-refractivity contribution in [2.45, 2.75) is 45.6 Å². The number of nitrogens with one attached hydrogen (secondary N) is 1. The Morgan fingerprint density at radius 2 is 2.13 bits per heavy atom. The van der Waals surface area contributed by atoms with Crippen LogP contribution in [0, 0.1) is 0 Å². The fraction of sp³-hybridized carbons (Fsp3) is 0.538. The van der Waals surface area contributed by atoms with Gasteiger partial charge in [-0.05, 0) is 25.0 Å². The van der Waals surface area contributed by atoms with Gasteiger partial charge in [-0.1, -0.05) is 32.8 Å². The zero-order chi connectivity index (χ0) is 11.1. The summed E-state index contributed by atoms with van der Waals surface area (Å²) in [4.78, 5) is 0. The Bertz CT molecular complexity index is 286. The molecule has 2 heteroatoms. The molecule has 84 valence electrons. The highest BCUT2D eigenvalue weighted by Gasteiger charge is 2.05. The van der Waals surface area contributed by atoms with Crippen molar-refractivity contribution in [2.24, 2.45) is 0 Å². The van der Waals surface area contributed by atoms with Crippen molar-refractivity contribution in [1.82, 2.24) is 0 Å². The van der Waals surface area contributed by atoms with Gasteiger partial charge in [0, 0.05) is 17.8 Å². The molecule has 0 radical (unpaired) electrons. The number of anilines is 1. The number of rotatable bonds is 6. The van der Waals surface area contributed by atoms with Crippen molar-refractivity contribution in [1.29, 1.82) is 0 Å². The van der Waals surface area contributed by atoms with Gasteiger partial charge in [-0.25, -0.2) is 0 Å². The van der Waals surface area contributed by atoms with Gasteiger partial charge in [-0.15, -0.1) is 0 Å². The molecule has 15 heavy (non-hydrogen) atoms. The highest BCUT2D eigenvalue weighted by Crippen LogP contribution is 2.18. The van der Waals surface area contributed by atoms with Crippen LogP contribution < -0.4 is 5.32 Å². The Morgan fingerprint density at radius 3 is 2.73 bits per heavy atom. The minimum Gasteiger partial charge on any atom is -0.508 e. The van der Waals surface area contributed by atoms with Crippen molar-refractivity contribution in [3.8, 4) is 5.75 Å². The third kappa shape index (κ3) is 4.24. The van der Waals surface area contributed by atoms with Crippen molar-refractivity contribution in [3.05, 3.63) is 24.3 Å². The Labute approximate surface area is 92.3 Å². The van der Waals surface area contributed by atoms with Crippen molar-refractivity contribution in [2.75, 3.05) is 5.32 Å². The van der Waals surface area contributed by atoms with Gasteiger partial charge in [0.2, 0.25) is 0 Å². The van der Waals surface area contributed by atoms with Crippen LogP contribution in [0.1, 0.15) is 39.5 Å². The monoisotopic (exact) mass is 207 g/mol. The fourth-order valence-electron chi connectivity index (χ4n) is 1.66. The highest BCUT2D eigenvalue weighted by molar-refractivity contribution is 5.48. The van der Waals surface area contributed by atoms with Crippen molar-refractivity contribution >= 4 is 5.69 Å². The first-order valence-electron chi connectivity index (χ1n) is 5.81. The first-order valence-corrected chi connectivity index (χ1v) is 5.81. The van der Waals surface area contributed by atoms with E-state index in [0.29, 0.717) is 11.8 Å². The van der Waals surface area contributed by atoms with E-state index in [2.05, 4.69) is 19.2 Å². The van der Waals surface area contributed by atoms with Crippen LogP contribution in [0.5, 0.6) is 5.75 Å². The number of benzene rings is 1. The number of aromatic hydroxyl groups is 1. The molecule has 1 rings (SSSR count). The van der Waals surface area contributed by atoms with E-state index in [4.69, 9.17) is 0 Å². The molecule has 0 saturated heterocycles. The summed E-state index contributed by atoms with van der Waals surface area (Å²) >= 11 is 0. The summed E-state index contributed by atoms with van der Waals surface area (Å²) in [6.45, 7) is 4.40. The van der Waals surface area contributed by atoms with E-state index in [1.807, 2.05) is 12.1 Å². The zero-order valence-electron chi connectivity index (χ0n) is 9.66. The molecule has 0 aromatic heterocycles. The van der Waals surface area contributed by atoms with Crippen LogP contribution in [0.25, 0.3) is 0 Å². The largest absolute Gasteiger partial charge is 0.508 e. The van der Waals surface area contributed by atoms with Crippen LogP contribution >= 0.6 is 0 Å². The smallest absolute Gasteiger partial charge is 0.117 e. The fourth-order valence-corrected chi connectivity index (χ4v) is 1.66. The third-order valence-corrected chi connectivity index (χ3v) is 2.62. The lowest BCUT2D eigenvalue weighted by molar-refractivity contribution is 0.475. The van der Waals surface area contributed by atoms with Gasteiger partial charge >= 0.3 is 0 Å². The molecule has 1 atom stereocenters. The zero-order valence-corrected chi connectivity index (χ0v) is 9.66. The summed E-state index contributed by atoms with van der Waals surface area (Å²) in [7, 11) is 0. The molecule has 0 saturated carbocycles. The molecule has 2 N–H and O–H groups in total. The molecule has 0 amide bonds. The van der Waals surface area contributed by atoms with Crippen LogP contribution in [-0.2, 0) is 0 Å². The number of hydrogen-bond acceptors (Lipinski definition) is 2. The van der Waals surface area contributed by atoms with Gasteiger partial charge in [0.25, 0.3) is 0 Å². The van der Waals surface area contributed by atoms with Crippen molar-refractivity contribution in [3.63, 3.8) is 0 Å². The van der Waals surface area contributed by atoms with Crippen LogP contribution in [0.3, 0.4) is 0 Å². The predicted octanol–water partition coefficient (Wildman–Crippen LogP) is 3.77. The Balaban J connectivity index is 2.50. The molecule has 0 bridgehead atoms. The van der Waals surface area contributed by atoms with E-state index in [0.717, 1.165) is 12.1 Å². The van der Waals surface area contributed by atoms with E-state index in [9.17, 15) is 5.11 Å². The standard InChI is InChI=1S/C13H21NO/c1-3-5-7-11(4-2)14-12-8-6-9-13(15)10-12/h6,8-11,14-15H,3-5,7H2,1-2H3. The highest BCUT2D eigenvalue weighted by atomic mass is 16.3. The molecule has 0 aliphatic rings. The minimum atomic E-state index is 0.324. The normalized spacial score (nSPS) is 12.4. The molecule has 1 unspecified atom stereocenters. The lowest BCUT2D eigenvalue weighted by atomic mass is 10.1. The first kappa shape index (κ1) is 11.9.